The van der Waals surface area contributed by atoms with Gasteiger partial charge in [0, 0.05) is 28.4 Å². The monoisotopic (exact) mass is 387 g/mol. The van der Waals surface area contributed by atoms with Gasteiger partial charge in [0.2, 0.25) is 0 Å². The van der Waals surface area contributed by atoms with Crippen molar-refractivity contribution in [2.45, 2.75) is 39.3 Å². The third-order valence-electron chi connectivity index (χ3n) is 4.39. The van der Waals surface area contributed by atoms with Gasteiger partial charge in [0.25, 0.3) is 5.91 Å². The Morgan fingerprint density at radius 1 is 1.33 bits per heavy atom. The van der Waals surface area contributed by atoms with Crippen LogP contribution in [0.15, 0.2) is 30.3 Å². The van der Waals surface area contributed by atoms with Gasteiger partial charge in [0.1, 0.15) is 0 Å². The van der Waals surface area contributed by atoms with Crippen LogP contribution in [0, 0.1) is 13.8 Å². The summed E-state index contributed by atoms with van der Waals surface area (Å²) in [5.74, 6) is -0.822. The summed E-state index contributed by atoms with van der Waals surface area (Å²) in [7, 11) is 0. The van der Waals surface area contributed by atoms with Crippen LogP contribution in [0.5, 0.6) is 0 Å². The molecule has 1 amide bonds. The largest absolute Gasteiger partial charge is 0.452 e. The predicted molar refractivity (Wildman–Crippen MR) is 103 cm³/mol. The number of nitrogens with one attached hydrogen (secondary N) is 1. The average Bonchev–Trinajstić information content (AvgIpc) is 3.40. The zero-order valence-corrected chi connectivity index (χ0v) is 16.1. The van der Waals surface area contributed by atoms with Crippen molar-refractivity contribution in [3.63, 3.8) is 0 Å². The lowest BCUT2D eigenvalue weighted by Gasteiger charge is -2.06. The van der Waals surface area contributed by atoms with Crippen LogP contribution in [-0.2, 0) is 20.9 Å². The third-order valence-corrected chi connectivity index (χ3v) is 4.76. The van der Waals surface area contributed by atoms with Crippen LogP contribution in [0.25, 0.3) is 6.08 Å². The van der Waals surface area contributed by atoms with Crippen LogP contribution in [0.4, 0.5) is 0 Å². The van der Waals surface area contributed by atoms with Gasteiger partial charge in [-0.1, -0.05) is 29.8 Å². The Kier molecular flexibility index (Phi) is 5.96. The Morgan fingerprint density at radius 3 is 2.78 bits per heavy atom. The third kappa shape index (κ3) is 5.20. The fraction of sp³-hybridized carbons (Fsp3) is 0.350. The van der Waals surface area contributed by atoms with Crippen molar-refractivity contribution in [2.24, 2.45) is 0 Å². The molecule has 1 aromatic heterocycles. The number of esters is 1. The summed E-state index contributed by atoms with van der Waals surface area (Å²) < 4.78 is 6.82. The number of aromatic nitrogens is 2. The topological polar surface area (TPSA) is 73.2 Å². The van der Waals surface area contributed by atoms with E-state index in [0.717, 1.165) is 35.4 Å². The quantitative estimate of drug-likeness (QED) is 0.585. The van der Waals surface area contributed by atoms with Gasteiger partial charge in [-0.25, -0.2) is 4.79 Å². The number of hydrogen-bond donors (Lipinski definition) is 1. The zero-order valence-electron chi connectivity index (χ0n) is 15.4. The number of ether oxygens (including phenoxy) is 1. The Bertz CT molecular complexity index is 885. The number of carbonyl (C=O) groups excluding carboxylic acids is 2. The lowest BCUT2D eigenvalue weighted by Crippen LogP contribution is -2.30. The molecule has 1 N–H and O–H groups in total. The molecule has 1 aromatic carbocycles. The van der Waals surface area contributed by atoms with Crippen molar-refractivity contribution >= 4 is 29.6 Å². The second-order valence-corrected chi connectivity index (χ2v) is 7.02. The van der Waals surface area contributed by atoms with E-state index in [9.17, 15) is 9.59 Å². The summed E-state index contributed by atoms with van der Waals surface area (Å²) in [6.07, 6.45) is 4.98. The van der Waals surface area contributed by atoms with E-state index in [4.69, 9.17) is 16.3 Å². The fourth-order valence-electron chi connectivity index (χ4n) is 2.73. The van der Waals surface area contributed by atoms with E-state index in [0.29, 0.717) is 11.6 Å². The van der Waals surface area contributed by atoms with Crippen molar-refractivity contribution in [1.82, 2.24) is 15.1 Å². The highest BCUT2D eigenvalue weighted by atomic mass is 35.5. The van der Waals surface area contributed by atoms with Crippen molar-refractivity contribution in [3.05, 3.63) is 57.9 Å². The van der Waals surface area contributed by atoms with E-state index in [1.165, 1.54) is 6.08 Å². The predicted octanol–water partition coefficient (Wildman–Crippen LogP) is 3.04. The first-order chi connectivity index (χ1) is 12.9. The molecule has 0 saturated heterocycles. The van der Waals surface area contributed by atoms with Gasteiger partial charge in [-0.3, -0.25) is 9.48 Å². The summed E-state index contributed by atoms with van der Waals surface area (Å²) in [5, 5.41) is 7.99. The van der Waals surface area contributed by atoms with Crippen LogP contribution in [0.1, 0.15) is 35.4 Å². The number of hydrogen-bond acceptors (Lipinski definition) is 4. The number of aryl methyl sites for hydroxylation is 1. The highest BCUT2D eigenvalue weighted by Gasteiger charge is 2.23. The van der Waals surface area contributed by atoms with Crippen molar-refractivity contribution in [3.8, 4) is 0 Å². The Balaban J connectivity index is 1.61. The van der Waals surface area contributed by atoms with E-state index >= 15 is 0 Å². The summed E-state index contributed by atoms with van der Waals surface area (Å²) in [6, 6.07) is 7.87. The maximum Gasteiger partial charge on any atom is 0.331 e. The van der Waals surface area contributed by atoms with Crippen LogP contribution in [0.3, 0.4) is 0 Å². The van der Waals surface area contributed by atoms with Crippen LogP contribution in [0.2, 0.25) is 5.02 Å². The molecule has 142 valence electrons. The number of rotatable bonds is 7. The molecular formula is C20H22ClN3O3. The molecule has 6 nitrogen and oxygen atoms in total. The molecule has 1 heterocycles. The summed E-state index contributed by atoms with van der Waals surface area (Å²) in [4.78, 5) is 23.4. The molecule has 0 unspecified atom stereocenters. The van der Waals surface area contributed by atoms with E-state index in [2.05, 4.69) is 10.4 Å². The van der Waals surface area contributed by atoms with Crippen LogP contribution in [-0.4, -0.2) is 34.3 Å². The molecule has 0 radical (unpaired) electrons. The smallest absolute Gasteiger partial charge is 0.331 e. The van der Waals surface area contributed by atoms with Gasteiger partial charge < -0.3 is 10.1 Å². The Hall–Kier alpha value is -2.60. The first-order valence-corrected chi connectivity index (χ1v) is 9.23. The van der Waals surface area contributed by atoms with E-state index in [1.54, 1.807) is 6.08 Å². The average molecular weight is 388 g/mol. The molecule has 1 aliphatic rings. The minimum Gasteiger partial charge on any atom is -0.452 e. The molecule has 0 bridgehead atoms. The van der Waals surface area contributed by atoms with E-state index < -0.39 is 5.97 Å². The number of nitrogens with zero attached hydrogens (tertiary/aromatic N) is 2. The molecule has 27 heavy (non-hydrogen) atoms. The minimum atomic E-state index is -0.557. The number of benzene rings is 1. The van der Waals surface area contributed by atoms with Crippen LogP contribution >= 0.6 is 11.6 Å². The summed E-state index contributed by atoms with van der Waals surface area (Å²) in [5.41, 5.74) is 3.54. The Labute approximate surface area is 163 Å². The molecular weight excluding hydrogens is 366 g/mol. The summed E-state index contributed by atoms with van der Waals surface area (Å²) >= 11 is 6.22. The SMILES string of the molecule is Cc1nn(Cc2ccccc2Cl)c(C)c1/C=C/C(=O)OCC(=O)NC1CC1. The maximum atomic E-state index is 11.9. The molecule has 2 aromatic rings. The first-order valence-electron chi connectivity index (χ1n) is 8.85. The highest BCUT2D eigenvalue weighted by molar-refractivity contribution is 6.31. The molecule has 7 heteroatoms. The zero-order chi connectivity index (χ0) is 19.4. The standard InChI is InChI=1S/C20H22ClN3O3/c1-13-17(9-10-20(26)27-12-19(25)22-16-7-8-16)14(2)24(23-13)11-15-5-3-4-6-18(15)21/h3-6,9-10,16H,7-8,11-12H2,1-2H3,(H,22,25)/b10-9+. The van der Waals surface area contributed by atoms with Gasteiger partial charge in [0.15, 0.2) is 6.61 Å². The normalized spacial score (nSPS) is 13.7. The Morgan fingerprint density at radius 2 is 2.07 bits per heavy atom. The number of carbonyl (C=O) groups is 2. The number of amides is 1. The van der Waals surface area contributed by atoms with E-state index in [1.807, 2.05) is 42.8 Å². The molecule has 1 aliphatic carbocycles. The van der Waals surface area contributed by atoms with Crippen molar-refractivity contribution < 1.29 is 14.3 Å². The lowest BCUT2D eigenvalue weighted by atomic mass is 10.1. The van der Waals surface area contributed by atoms with Gasteiger partial charge in [-0.05, 0) is 44.4 Å². The van der Waals surface area contributed by atoms with Crippen molar-refractivity contribution in [2.75, 3.05) is 6.61 Å². The first kappa shape index (κ1) is 19.2. The van der Waals surface area contributed by atoms with E-state index in [-0.39, 0.29) is 18.6 Å². The molecule has 0 aliphatic heterocycles. The van der Waals surface area contributed by atoms with Crippen molar-refractivity contribution in [1.29, 1.82) is 0 Å². The molecule has 1 fully saturated rings. The van der Waals surface area contributed by atoms with Gasteiger partial charge in [-0.2, -0.15) is 5.10 Å². The molecule has 0 spiro atoms. The maximum absolute atomic E-state index is 11.9. The minimum absolute atomic E-state index is 0.251. The fourth-order valence-corrected chi connectivity index (χ4v) is 2.92. The second-order valence-electron chi connectivity index (χ2n) is 6.62. The van der Waals surface area contributed by atoms with Crippen LogP contribution < -0.4 is 5.32 Å². The van der Waals surface area contributed by atoms with Gasteiger partial charge in [-0.15, -0.1) is 0 Å². The second kappa shape index (κ2) is 8.39. The van der Waals surface area contributed by atoms with Gasteiger partial charge in [0.05, 0.1) is 12.2 Å². The molecule has 3 rings (SSSR count). The molecule has 1 saturated carbocycles. The summed E-state index contributed by atoms with van der Waals surface area (Å²) in [6.45, 7) is 4.10. The lowest BCUT2D eigenvalue weighted by molar-refractivity contribution is -0.143. The number of halogens is 1. The van der Waals surface area contributed by atoms with Gasteiger partial charge >= 0.3 is 5.97 Å². The molecule has 0 atom stereocenters. The highest BCUT2D eigenvalue weighted by Crippen LogP contribution is 2.20.